The lowest BCUT2D eigenvalue weighted by Crippen LogP contribution is -2.29. The summed E-state index contributed by atoms with van der Waals surface area (Å²) < 4.78 is 0. The van der Waals surface area contributed by atoms with E-state index in [9.17, 15) is 4.79 Å². The van der Waals surface area contributed by atoms with Crippen molar-refractivity contribution in [1.82, 2.24) is 5.32 Å². The molecule has 1 N–H and O–H groups in total. The number of aryl methyl sites for hydroxylation is 2. The van der Waals surface area contributed by atoms with Gasteiger partial charge in [0.2, 0.25) is 0 Å². The Labute approximate surface area is 151 Å². The first-order valence-electron chi connectivity index (χ1n) is 9.41. The van der Waals surface area contributed by atoms with Crippen molar-refractivity contribution < 1.29 is 4.79 Å². The van der Waals surface area contributed by atoms with Crippen molar-refractivity contribution in [3.8, 4) is 0 Å². The van der Waals surface area contributed by atoms with Crippen LogP contribution in [0.25, 0.3) is 0 Å². The molecule has 0 aromatic heterocycles. The number of rotatable bonds is 6. The quantitative estimate of drug-likeness (QED) is 0.796. The maximum Gasteiger partial charge on any atom is 0.251 e. The molecule has 0 unspecified atom stereocenters. The van der Waals surface area contributed by atoms with E-state index in [0.717, 1.165) is 24.0 Å². The molecular weight excluding hydrogens is 308 g/mol. The van der Waals surface area contributed by atoms with Gasteiger partial charge in [-0.05, 0) is 68.9 Å². The molecule has 1 fully saturated rings. The third kappa shape index (κ3) is 5.09. The molecule has 3 rings (SSSR count). The van der Waals surface area contributed by atoms with E-state index in [4.69, 9.17) is 0 Å². The lowest BCUT2D eigenvalue weighted by Gasteiger charge is -2.28. The standard InChI is InChI=1S/C22H28N2O/c1-18-7-5-9-20(17-18)22(25)23-14-6-8-19-10-12-21(13-11-19)24-15-3-2-4-16-24/h5,7,9-13,17H,2-4,6,8,14-16H2,1H3,(H,23,25). The van der Waals surface area contributed by atoms with Gasteiger partial charge in [0.15, 0.2) is 0 Å². The largest absolute Gasteiger partial charge is 0.372 e. The van der Waals surface area contributed by atoms with Crippen molar-refractivity contribution in [3.63, 3.8) is 0 Å². The monoisotopic (exact) mass is 336 g/mol. The number of nitrogens with zero attached hydrogens (tertiary/aromatic N) is 1. The van der Waals surface area contributed by atoms with Gasteiger partial charge in [-0.3, -0.25) is 4.79 Å². The molecule has 0 spiro atoms. The number of carbonyl (C=O) groups excluding carboxylic acids is 1. The van der Waals surface area contributed by atoms with Gasteiger partial charge in [-0.1, -0.05) is 29.8 Å². The lowest BCUT2D eigenvalue weighted by molar-refractivity contribution is 0.0953. The van der Waals surface area contributed by atoms with Crippen LogP contribution in [0.15, 0.2) is 48.5 Å². The van der Waals surface area contributed by atoms with Gasteiger partial charge in [0.05, 0.1) is 0 Å². The van der Waals surface area contributed by atoms with Crippen LogP contribution in [0.5, 0.6) is 0 Å². The van der Waals surface area contributed by atoms with E-state index in [-0.39, 0.29) is 5.91 Å². The second kappa shape index (κ2) is 8.70. The summed E-state index contributed by atoms with van der Waals surface area (Å²) in [6.07, 6.45) is 5.93. The van der Waals surface area contributed by atoms with Crippen LogP contribution in [0.4, 0.5) is 5.69 Å². The number of piperidine rings is 1. The molecule has 1 aliphatic heterocycles. The summed E-state index contributed by atoms with van der Waals surface area (Å²) in [5.41, 5.74) is 4.54. The Morgan fingerprint density at radius 1 is 1.04 bits per heavy atom. The van der Waals surface area contributed by atoms with Gasteiger partial charge in [0, 0.05) is 30.9 Å². The average molecular weight is 336 g/mol. The maximum absolute atomic E-state index is 12.1. The molecule has 1 heterocycles. The van der Waals surface area contributed by atoms with Gasteiger partial charge in [-0.15, -0.1) is 0 Å². The second-order valence-electron chi connectivity index (χ2n) is 6.94. The number of nitrogens with one attached hydrogen (secondary N) is 1. The number of amides is 1. The minimum absolute atomic E-state index is 0.0177. The zero-order valence-corrected chi connectivity index (χ0v) is 15.1. The third-order valence-corrected chi connectivity index (χ3v) is 4.87. The minimum Gasteiger partial charge on any atom is -0.372 e. The highest BCUT2D eigenvalue weighted by Crippen LogP contribution is 2.20. The highest BCUT2D eigenvalue weighted by molar-refractivity contribution is 5.94. The van der Waals surface area contributed by atoms with Crippen LogP contribution in [0.1, 0.15) is 47.2 Å². The molecule has 1 amide bonds. The predicted molar refractivity (Wildman–Crippen MR) is 104 cm³/mol. The van der Waals surface area contributed by atoms with Gasteiger partial charge in [0.25, 0.3) is 5.91 Å². The fourth-order valence-corrected chi connectivity index (χ4v) is 3.41. The van der Waals surface area contributed by atoms with Crippen LogP contribution >= 0.6 is 0 Å². The summed E-state index contributed by atoms with van der Waals surface area (Å²) in [6.45, 7) is 5.08. The summed E-state index contributed by atoms with van der Waals surface area (Å²) >= 11 is 0. The van der Waals surface area contributed by atoms with Crippen molar-refractivity contribution in [1.29, 1.82) is 0 Å². The van der Waals surface area contributed by atoms with Crippen LogP contribution in [-0.4, -0.2) is 25.5 Å². The number of benzene rings is 2. The highest BCUT2D eigenvalue weighted by Gasteiger charge is 2.10. The first kappa shape index (κ1) is 17.5. The second-order valence-corrected chi connectivity index (χ2v) is 6.94. The number of anilines is 1. The molecule has 3 nitrogen and oxygen atoms in total. The minimum atomic E-state index is 0.0177. The van der Waals surface area contributed by atoms with E-state index < -0.39 is 0 Å². The van der Waals surface area contributed by atoms with Crippen molar-refractivity contribution in [2.75, 3.05) is 24.5 Å². The molecule has 0 radical (unpaired) electrons. The third-order valence-electron chi connectivity index (χ3n) is 4.87. The molecule has 1 saturated heterocycles. The zero-order chi connectivity index (χ0) is 17.5. The Bertz CT molecular complexity index is 687. The molecule has 3 heteroatoms. The molecule has 2 aromatic carbocycles. The van der Waals surface area contributed by atoms with Gasteiger partial charge in [-0.25, -0.2) is 0 Å². The lowest BCUT2D eigenvalue weighted by atomic mass is 10.1. The predicted octanol–water partition coefficient (Wildman–Crippen LogP) is 4.35. The van der Waals surface area contributed by atoms with Crippen molar-refractivity contribution in [3.05, 3.63) is 65.2 Å². The number of hydrogen-bond acceptors (Lipinski definition) is 2. The smallest absolute Gasteiger partial charge is 0.251 e. The highest BCUT2D eigenvalue weighted by atomic mass is 16.1. The van der Waals surface area contributed by atoms with Gasteiger partial charge >= 0.3 is 0 Å². The molecule has 0 bridgehead atoms. The van der Waals surface area contributed by atoms with Crippen LogP contribution in [0.3, 0.4) is 0 Å². The fraction of sp³-hybridized carbons (Fsp3) is 0.409. The SMILES string of the molecule is Cc1cccc(C(=O)NCCCc2ccc(N3CCCCC3)cc2)c1. The summed E-state index contributed by atoms with van der Waals surface area (Å²) in [7, 11) is 0. The Morgan fingerprint density at radius 2 is 1.80 bits per heavy atom. The Morgan fingerprint density at radius 3 is 2.52 bits per heavy atom. The average Bonchev–Trinajstić information content (AvgIpc) is 2.66. The summed E-state index contributed by atoms with van der Waals surface area (Å²) in [6, 6.07) is 16.7. The van der Waals surface area contributed by atoms with Gasteiger partial charge in [-0.2, -0.15) is 0 Å². The van der Waals surface area contributed by atoms with Crippen molar-refractivity contribution in [2.24, 2.45) is 0 Å². The van der Waals surface area contributed by atoms with Crippen LogP contribution in [-0.2, 0) is 6.42 Å². The Hall–Kier alpha value is -2.29. The summed E-state index contributed by atoms with van der Waals surface area (Å²) in [5, 5.41) is 3.01. The molecule has 2 aromatic rings. The van der Waals surface area contributed by atoms with Crippen LogP contribution in [0.2, 0.25) is 0 Å². The zero-order valence-electron chi connectivity index (χ0n) is 15.1. The van der Waals surface area contributed by atoms with E-state index in [0.29, 0.717) is 6.54 Å². The molecular formula is C22H28N2O. The van der Waals surface area contributed by atoms with E-state index >= 15 is 0 Å². The molecule has 0 atom stereocenters. The number of hydrogen-bond donors (Lipinski definition) is 1. The maximum atomic E-state index is 12.1. The van der Waals surface area contributed by atoms with E-state index in [1.54, 1.807) is 0 Å². The van der Waals surface area contributed by atoms with Crippen LogP contribution < -0.4 is 10.2 Å². The van der Waals surface area contributed by atoms with E-state index in [1.165, 1.54) is 43.6 Å². The Balaban J connectivity index is 1.42. The van der Waals surface area contributed by atoms with E-state index in [2.05, 4.69) is 34.5 Å². The molecule has 25 heavy (non-hydrogen) atoms. The topological polar surface area (TPSA) is 32.3 Å². The fourth-order valence-electron chi connectivity index (χ4n) is 3.41. The molecule has 1 aliphatic rings. The van der Waals surface area contributed by atoms with Crippen molar-refractivity contribution in [2.45, 2.75) is 39.0 Å². The van der Waals surface area contributed by atoms with Gasteiger partial charge < -0.3 is 10.2 Å². The first-order chi connectivity index (χ1) is 12.2. The normalized spacial score (nSPS) is 14.4. The summed E-state index contributed by atoms with van der Waals surface area (Å²) in [5.74, 6) is 0.0177. The van der Waals surface area contributed by atoms with Gasteiger partial charge in [0.1, 0.15) is 0 Å². The Kier molecular flexibility index (Phi) is 6.10. The van der Waals surface area contributed by atoms with Crippen LogP contribution in [0, 0.1) is 6.92 Å². The summed E-state index contributed by atoms with van der Waals surface area (Å²) in [4.78, 5) is 14.6. The molecule has 0 saturated carbocycles. The molecule has 132 valence electrons. The molecule has 0 aliphatic carbocycles. The van der Waals surface area contributed by atoms with E-state index in [1.807, 2.05) is 31.2 Å². The number of carbonyl (C=O) groups is 1. The van der Waals surface area contributed by atoms with Crippen molar-refractivity contribution >= 4 is 11.6 Å². The first-order valence-corrected chi connectivity index (χ1v) is 9.41.